The fourth-order valence-electron chi connectivity index (χ4n) is 2.74. The maximum atomic E-state index is 13.6. The van der Waals surface area contributed by atoms with E-state index in [4.69, 9.17) is 0 Å². The number of anilines is 1. The Bertz CT molecular complexity index is 1110. The Morgan fingerprint density at radius 3 is 2.48 bits per heavy atom. The predicted octanol–water partition coefficient (Wildman–Crippen LogP) is 4.63. The molecule has 5 nitrogen and oxygen atoms in total. The van der Waals surface area contributed by atoms with Crippen LogP contribution in [0.5, 0.6) is 0 Å². The van der Waals surface area contributed by atoms with Crippen LogP contribution >= 0.6 is 11.3 Å². The molecule has 29 heavy (non-hydrogen) atoms. The van der Waals surface area contributed by atoms with Gasteiger partial charge in [-0.3, -0.25) is 4.79 Å². The first-order valence-electron chi connectivity index (χ1n) is 9.03. The third kappa shape index (κ3) is 5.71. The molecule has 0 radical (unpaired) electrons. The molecule has 2 aromatic carbocycles. The van der Waals surface area contributed by atoms with Gasteiger partial charge in [-0.2, -0.15) is 0 Å². The number of benzene rings is 2. The minimum atomic E-state index is -3.74. The highest BCUT2D eigenvalue weighted by atomic mass is 32.2. The maximum Gasteiger partial charge on any atom is 0.239 e. The fraction of sp³-hybridized carbons (Fsp3) is 0.238. The van der Waals surface area contributed by atoms with Crippen LogP contribution < -0.4 is 5.32 Å². The van der Waals surface area contributed by atoms with Gasteiger partial charge in [-0.25, -0.2) is 17.8 Å². The van der Waals surface area contributed by atoms with Crippen molar-refractivity contribution in [2.75, 3.05) is 11.1 Å². The van der Waals surface area contributed by atoms with E-state index in [2.05, 4.69) is 24.1 Å². The number of hydrogen-bond donors (Lipinski definition) is 1. The van der Waals surface area contributed by atoms with Crippen LogP contribution in [0, 0.1) is 5.82 Å². The van der Waals surface area contributed by atoms with Crippen molar-refractivity contribution in [3.05, 3.63) is 71.0 Å². The van der Waals surface area contributed by atoms with Crippen LogP contribution in [-0.2, 0) is 20.4 Å². The second-order valence-corrected chi connectivity index (χ2v) is 9.90. The second-order valence-electron chi connectivity index (χ2n) is 6.98. The van der Waals surface area contributed by atoms with Crippen molar-refractivity contribution in [2.24, 2.45) is 0 Å². The Morgan fingerprint density at radius 2 is 1.83 bits per heavy atom. The number of aromatic nitrogens is 1. The van der Waals surface area contributed by atoms with Gasteiger partial charge >= 0.3 is 0 Å². The lowest BCUT2D eigenvalue weighted by molar-refractivity contribution is -0.113. The monoisotopic (exact) mass is 432 g/mol. The summed E-state index contributed by atoms with van der Waals surface area (Å²) in [6, 6.07) is 13.6. The lowest BCUT2D eigenvalue weighted by atomic mass is 10.0. The number of hydrogen-bond acceptors (Lipinski definition) is 5. The van der Waals surface area contributed by atoms with Crippen LogP contribution in [0.4, 0.5) is 10.1 Å². The van der Waals surface area contributed by atoms with E-state index in [1.54, 1.807) is 11.4 Å². The van der Waals surface area contributed by atoms with E-state index in [0.717, 1.165) is 10.6 Å². The summed E-state index contributed by atoms with van der Waals surface area (Å²) in [4.78, 5) is 16.4. The molecule has 1 heterocycles. The number of sulfone groups is 1. The van der Waals surface area contributed by atoms with E-state index in [1.165, 1.54) is 35.1 Å². The van der Waals surface area contributed by atoms with E-state index in [-0.39, 0.29) is 11.4 Å². The number of amides is 1. The zero-order valence-corrected chi connectivity index (χ0v) is 17.7. The van der Waals surface area contributed by atoms with Crippen LogP contribution in [-0.4, -0.2) is 25.1 Å². The number of para-hydroxylation sites is 1. The molecule has 0 aliphatic carbocycles. The van der Waals surface area contributed by atoms with Gasteiger partial charge in [0.05, 0.1) is 17.1 Å². The minimum absolute atomic E-state index is 0.0477. The molecule has 0 fully saturated rings. The summed E-state index contributed by atoms with van der Waals surface area (Å²) in [5.41, 5.74) is 2.47. The van der Waals surface area contributed by atoms with Crippen LogP contribution in [0.2, 0.25) is 0 Å². The largest absolute Gasteiger partial charge is 0.323 e. The molecule has 3 rings (SSSR count). The number of thiazole rings is 1. The minimum Gasteiger partial charge on any atom is -0.323 e. The molecule has 8 heteroatoms. The molecule has 1 amide bonds. The van der Waals surface area contributed by atoms with E-state index in [0.29, 0.717) is 11.6 Å². The standard InChI is InChI=1S/C21H21FN2O3S2/c1-14(2)15-7-9-16(10-8-15)21-23-17(11-28-21)12-29(26,27)13-20(25)24-19-6-4-3-5-18(19)22/h3-11,14H,12-13H2,1-2H3,(H,24,25). The summed E-state index contributed by atoms with van der Waals surface area (Å²) in [6.45, 7) is 4.23. The molecule has 0 unspecified atom stereocenters. The smallest absolute Gasteiger partial charge is 0.239 e. The molecule has 0 aliphatic heterocycles. The SMILES string of the molecule is CC(C)c1ccc(-c2nc(CS(=O)(=O)CC(=O)Nc3ccccc3F)cs2)cc1. The van der Waals surface area contributed by atoms with Crippen LogP contribution in [0.15, 0.2) is 53.9 Å². The average molecular weight is 433 g/mol. The van der Waals surface area contributed by atoms with Gasteiger partial charge in [0.15, 0.2) is 9.84 Å². The third-order valence-electron chi connectivity index (χ3n) is 4.24. The first kappa shape index (κ1) is 21.1. The number of carbonyl (C=O) groups excluding carboxylic acids is 1. The fourth-order valence-corrected chi connectivity index (χ4v) is 4.84. The molecule has 0 atom stereocenters. The van der Waals surface area contributed by atoms with Gasteiger partial charge in [-0.05, 0) is 23.6 Å². The summed E-state index contributed by atoms with van der Waals surface area (Å²) < 4.78 is 38.3. The lowest BCUT2D eigenvalue weighted by Crippen LogP contribution is -2.24. The molecule has 0 aliphatic rings. The summed E-state index contributed by atoms with van der Waals surface area (Å²) in [7, 11) is -3.74. The van der Waals surface area contributed by atoms with E-state index < -0.39 is 27.3 Å². The molecule has 0 bridgehead atoms. The molecule has 1 N–H and O–H groups in total. The highest BCUT2D eigenvalue weighted by Gasteiger charge is 2.20. The van der Waals surface area contributed by atoms with Gasteiger partial charge in [0, 0.05) is 10.9 Å². The number of rotatable bonds is 7. The molecule has 3 aromatic rings. The van der Waals surface area contributed by atoms with Crippen molar-refractivity contribution >= 4 is 32.8 Å². The van der Waals surface area contributed by atoms with Crippen molar-refractivity contribution in [3.8, 4) is 10.6 Å². The van der Waals surface area contributed by atoms with Gasteiger partial charge in [0.1, 0.15) is 16.6 Å². The zero-order valence-electron chi connectivity index (χ0n) is 16.1. The number of nitrogens with zero attached hydrogens (tertiary/aromatic N) is 1. The molecular weight excluding hydrogens is 411 g/mol. The van der Waals surface area contributed by atoms with E-state index in [9.17, 15) is 17.6 Å². The number of nitrogens with one attached hydrogen (secondary N) is 1. The Kier molecular flexibility index (Phi) is 6.44. The topological polar surface area (TPSA) is 76.1 Å². The normalized spacial score (nSPS) is 11.6. The van der Waals surface area contributed by atoms with Gasteiger partial charge < -0.3 is 5.32 Å². The Balaban J connectivity index is 1.65. The van der Waals surface area contributed by atoms with Gasteiger partial charge in [0.2, 0.25) is 5.91 Å². The molecule has 0 spiro atoms. The predicted molar refractivity (Wildman–Crippen MR) is 114 cm³/mol. The molecule has 0 saturated heterocycles. The highest BCUT2D eigenvalue weighted by molar-refractivity contribution is 7.91. The molecular formula is C21H21FN2O3S2. The Hall–Kier alpha value is -2.58. The Labute approximate surface area is 173 Å². The van der Waals surface area contributed by atoms with Gasteiger partial charge in [0.25, 0.3) is 0 Å². The first-order valence-corrected chi connectivity index (χ1v) is 11.7. The quantitative estimate of drug-likeness (QED) is 0.591. The Morgan fingerprint density at radius 1 is 1.14 bits per heavy atom. The van der Waals surface area contributed by atoms with Crippen LogP contribution in [0.3, 0.4) is 0 Å². The van der Waals surface area contributed by atoms with Crippen molar-refractivity contribution in [1.29, 1.82) is 0 Å². The van der Waals surface area contributed by atoms with Crippen LogP contribution in [0.1, 0.15) is 31.0 Å². The van der Waals surface area contributed by atoms with Gasteiger partial charge in [-0.1, -0.05) is 50.2 Å². The highest BCUT2D eigenvalue weighted by Crippen LogP contribution is 2.26. The average Bonchev–Trinajstić information content (AvgIpc) is 3.10. The molecule has 1 aromatic heterocycles. The summed E-state index contributed by atoms with van der Waals surface area (Å²) in [5.74, 6) is -2.06. The molecule has 0 saturated carbocycles. The summed E-state index contributed by atoms with van der Waals surface area (Å²) in [5, 5.41) is 4.69. The number of halogens is 1. The lowest BCUT2D eigenvalue weighted by Gasteiger charge is -2.06. The van der Waals surface area contributed by atoms with E-state index in [1.807, 2.05) is 24.3 Å². The summed E-state index contributed by atoms with van der Waals surface area (Å²) in [6.07, 6.45) is 0. The second kappa shape index (κ2) is 8.84. The van der Waals surface area contributed by atoms with Crippen LogP contribution in [0.25, 0.3) is 10.6 Å². The third-order valence-corrected chi connectivity index (χ3v) is 6.62. The first-order chi connectivity index (χ1) is 13.7. The van der Waals surface area contributed by atoms with Crippen molar-refractivity contribution in [3.63, 3.8) is 0 Å². The van der Waals surface area contributed by atoms with Crippen molar-refractivity contribution < 1.29 is 17.6 Å². The van der Waals surface area contributed by atoms with Crippen molar-refractivity contribution in [2.45, 2.75) is 25.5 Å². The maximum absolute atomic E-state index is 13.6. The van der Waals surface area contributed by atoms with Gasteiger partial charge in [-0.15, -0.1) is 11.3 Å². The molecule has 152 valence electrons. The van der Waals surface area contributed by atoms with Crippen molar-refractivity contribution in [1.82, 2.24) is 4.98 Å². The zero-order chi connectivity index (χ0) is 21.0. The summed E-state index contributed by atoms with van der Waals surface area (Å²) >= 11 is 1.36. The van der Waals surface area contributed by atoms with E-state index >= 15 is 0 Å². The number of carbonyl (C=O) groups is 1.